The third kappa shape index (κ3) is 5.95. The lowest BCUT2D eigenvalue weighted by Crippen LogP contribution is -2.00. The lowest BCUT2D eigenvalue weighted by atomic mass is 9.93. The maximum atomic E-state index is 5.65. The Morgan fingerprint density at radius 1 is 0.239 bits per heavy atom. The van der Waals surface area contributed by atoms with Gasteiger partial charge >= 0.3 is 0 Å². The minimum Gasteiger partial charge on any atom is -0.309 e. The summed E-state index contributed by atoms with van der Waals surface area (Å²) in [6.45, 7) is 0. The molecule has 15 aromatic rings. The van der Waals surface area contributed by atoms with Gasteiger partial charge in [-0.25, -0.2) is 4.98 Å². The van der Waals surface area contributed by atoms with Crippen LogP contribution in [0.15, 0.2) is 255 Å². The zero-order valence-electron chi connectivity index (χ0n) is 38.5. The van der Waals surface area contributed by atoms with Crippen LogP contribution in [-0.4, -0.2) is 18.7 Å². The number of aromatic nitrogens is 4. The van der Waals surface area contributed by atoms with Crippen LogP contribution in [0.4, 0.5) is 0 Å². The molecule has 0 fully saturated rings. The molecule has 4 heteroatoms. The molecule has 4 nitrogen and oxygen atoms in total. The lowest BCUT2D eigenvalue weighted by molar-refractivity contribution is 1.13. The Hall–Kier alpha value is -9.51. The van der Waals surface area contributed by atoms with E-state index in [1.165, 1.54) is 70.8 Å². The maximum Gasteiger partial charge on any atom is 0.0794 e. The number of fused-ring (bicyclic) bond motifs is 13. The lowest BCUT2D eigenvalue weighted by Gasteiger charge is -2.16. The van der Waals surface area contributed by atoms with Gasteiger partial charge in [0.25, 0.3) is 0 Å². The predicted molar refractivity (Wildman–Crippen MR) is 299 cm³/mol. The van der Waals surface area contributed by atoms with E-state index in [2.05, 4.69) is 268 Å². The summed E-state index contributed by atoms with van der Waals surface area (Å²) in [7, 11) is 0. The van der Waals surface area contributed by atoms with E-state index in [0.717, 1.165) is 66.9 Å². The van der Waals surface area contributed by atoms with Crippen LogP contribution in [0.2, 0.25) is 0 Å². The van der Waals surface area contributed by atoms with Gasteiger partial charge in [0.1, 0.15) is 0 Å². The zero-order valence-corrected chi connectivity index (χ0v) is 38.5. The quantitative estimate of drug-likeness (QED) is 0.153. The highest BCUT2D eigenvalue weighted by molar-refractivity contribution is 6.30. The summed E-state index contributed by atoms with van der Waals surface area (Å²) < 4.78 is 7.28. The van der Waals surface area contributed by atoms with Gasteiger partial charge in [0.05, 0.1) is 44.3 Å². The molecule has 4 aromatic heterocycles. The second kappa shape index (κ2) is 15.5. The molecule has 4 heterocycles. The SMILES string of the molecule is c1ccc(-c2nc3c(-c4ccc(-c5cc(-n6c7ccccc7c7ccccc76)cc(-n6c7ccccc7c7ccccc76)c5)cc4)cccc3c3c2ccc2c3c3ccccc3n2-c2ccccc2)cc1. The number of nitrogens with zero attached hydrogens (tertiary/aromatic N) is 4. The normalized spacial score (nSPS) is 11.9. The van der Waals surface area contributed by atoms with Crippen LogP contribution in [0.3, 0.4) is 0 Å². The maximum absolute atomic E-state index is 5.65. The Kier molecular flexibility index (Phi) is 8.62. The largest absolute Gasteiger partial charge is 0.309 e. The van der Waals surface area contributed by atoms with Crippen LogP contribution in [0.25, 0.3) is 138 Å². The van der Waals surface area contributed by atoms with Crippen LogP contribution in [0, 0.1) is 0 Å². The molecule has 0 saturated carbocycles. The topological polar surface area (TPSA) is 27.7 Å². The smallest absolute Gasteiger partial charge is 0.0794 e. The molecule has 0 radical (unpaired) electrons. The standard InChI is InChI=1S/C67H42N4/c1-3-18-45(19-4-1)66-57-38-39-63-65(55-26-11-16-33-62(55)69(63)47-20-5-2-6-21-47)64(57)56-28-17-27-50(67(56)68-66)44-36-34-43(35-37-44)46-40-48(70-58-29-12-7-22-51(58)52-23-8-13-30-59(52)70)42-49(41-46)71-60-31-14-9-24-53(60)54-25-10-15-32-61(54)71/h1-42H. The fraction of sp³-hybridized carbons (Fsp3) is 0. The molecule has 0 N–H and O–H groups in total. The van der Waals surface area contributed by atoms with Crippen molar-refractivity contribution in [2.75, 3.05) is 0 Å². The molecule has 0 spiro atoms. The van der Waals surface area contributed by atoms with Gasteiger partial charge in [-0.1, -0.05) is 188 Å². The second-order valence-corrected chi connectivity index (χ2v) is 18.7. The number of pyridine rings is 1. The van der Waals surface area contributed by atoms with Crippen molar-refractivity contribution in [3.05, 3.63) is 255 Å². The Morgan fingerprint density at radius 3 is 1.25 bits per heavy atom. The van der Waals surface area contributed by atoms with Crippen molar-refractivity contribution < 1.29 is 0 Å². The summed E-state index contributed by atoms with van der Waals surface area (Å²) >= 11 is 0. The molecule has 11 aromatic carbocycles. The van der Waals surface area contributed by atoms with Gasteiger partial charge in [-0.15, -0.1) is 0 Å². The van der Waals surface area contributed by atoms with Crippen molar-refractivity contribution in [2.24, 2.45) is 0 Å². The first kappa shape index (κ1) is 39.5. The van der Waals surface area contributed by atoms with Crippen LogP contribution in [0.1, 0.15) is 0 Å². The first-order valence-corrected chi connectivity index (χ1v) is 24.4. The first-order valence-electron chi connectivity index (χ1n) is 24.4. The van der Waals surface area contributed by atoms with E-state index >= 15 is 0 Å². The van der Waals surface area contributed by atoms with E-state index in [4.69, 9.17) is 4.98 Å². The van der Waals surface area contributed by atoms with Gasteiger partial charge < -0.3 is 13.7 Å². The summed E-state index contributed by atoms with van der Waals surface area (Å²) in [4.78, 5) is 5.65. The predicted octanol–water partition coefficient (Wildman–Crippen LogP) is 17.7. The molecular weight excluding hydrogens is 861 g/mol. The minimum absolute atomic E-state index is 0.982. The molecule has 0 aliphatic rings. The summed E-state index contributed by atoms with van der Waals surface area (Å²) in [6, 6.07) is 92.8. The van der Waals surface area contributed by atoms with E-state index in [1.807, 2.05) is 0 Å². The first-order chi connectivity index (χ1) is 35.2. The fourth-order valence-electron chi connectivity index (χ4n) is 11.7. The molecular formula is C67H42N4. The summed E-state index contributed by atoms with van der Waals surface area (Å²) in [5, 5.41) is 10.9. The molecule has 0 atom stereocenters. The van der Waals surface area contributed by atoms with Gasteiger partial charge in [-0.05, 0) is 83.4 Å². The average Bonchev–Trinajstić information content (AvgIpc) is 4.09. The molecule has 0 amide bonds. The number of hydrogen-bond acceptors (Lipinski definition) is 1. The number of para-hydroxylation sites is 7. The minimum atomic E-state index is 0.982. The van der Waals surface area contributed by atoms with Crippen LogP contribution < -0.4 is 0 Å². The van der Waals surface area contributed by atoms with E-state index in [-0.39, 0.29) is 0 Å². The van der Waals surface area contributed by atoms with Crippen LogP contribution in [-0.2, 0) is 0 Å². The third-order valence-corrected chi connectivity index (χ3v) is 14.8. The highest BCUT2D eigenvalue weighted by atomic mass is 15.0. The second-order valence-electron chi connectivity index (χ2n) is 18.7. The molecule has 330 valence electrons. The number of benzene rings is 11. The highest BCUT2D eigenvalue weighted by Gasteiger charge is 2.22. The zero-order chi connectivity index (χ0) is 46.6. The van der Waals surface area contributed by atoms with E-state index in [1.54, 1.807) is 0 Å². The number of rotatable bonds is 6. The summed E-state index contributed by atoms with van der Waals surface area (Å²) in [5.41, 5.74) is 18.0. The highest BCUT2D eigenvalue weighted by Crippen LogP contribution is 2.45. The summed E-state index contributed by atoms with van der Waals surface area (Å²) in [6.07, 6.45) is 0. The third-order valence-electron chi connectivity index (χ3n) is 14.8. The van der Waals surface area contributed by atoms with Crippen LogP contribution >= 0.6 is 0 Å². The van der Waals surface area contributed by atoms with E-state index in [9.17, 15) is 0 Å². The molecule has 0 aliphatic heterocycles. The van der Waals surface area contributed by atoms with Gasteiger partial charge in [0.15, 0.2) is 0 Å². The van der Waals surface area contributed by atoms with Gasteiger partial charge in [0, 0.05) is 76.7 Å². The molecule has 0 unspecified atom stereocenters. The van der Waals surface area contributed by atoms with Crippen molar-refractivity contribution in [1.82, 2.24) is 18.7 Å². The van der Waals surface area contributed by atoms with Gasteiger partial charge in [-0.2, -0.15) is 0 Å². The Labute approximate surface area is 409 Å². The van der Waals surface area contributed by atoms with Crippen molar-refractivity contribution in [3.8, 4) is 50.6 Å². The molecule has 0 saturated heterocycles. The Morgan fingerprint density at radius 2 is 0.690 bits per heavy atom. The average molecular weight is 903 g/mol. The molecule has 15 rings (SSSR count). The van der Waals surface area contributed by atoms with Crippen molar-refractivity contribution >= 4 is 87.1 Å². The monoisotopic (exact) mass is 902 g/mol. The molecule has 0 bridgehead atoms. The Balaban J connectivity index is 0.956. The Bertz CT molecular complexity index is 4370. The molecule has 71 heavy (non-hydrogen) atoms. The fourth-order valence-corrected chi connectivity index (χ4v) is 11.7. The van der Waals surface area contributed by atoms with Crippen molar-refractivity contribution in [3.63, 3.8) is 0 Å². The molecule has 0 aliphatic carbocycles. The van der Waals surface area contributed by atoms with Crippen molar-refractivity contribution in [1.29, 1.82) is 0 Å². The van der Waals surface area contributed by atoms with E-state index in [0.29, 0.717) is 0 Å². The van der Waals surface area contributed by atoms with Crippen LogP contribution in [0.5, 0.6) is 0 Å². The summed E-state index contributed by atoms with van der Waals surface area (Å²) in [5.74, 6) is 0. The van der Waals surface area contributed by atoms with E-state index < -0.39 is 0 Å². The van der Waals surface area contributed by atoms with Gasteiger partial charge in [0.2, 0.25) is 0 Å². The van der Waals surface area contributed by atoms with Gasteiger partial charge in [-0.3, -0.25) is 0 Å². The number of hydrogen-bond donors (Lipinski definition) is 0. The van der Waals surface area contributed by atoms with Crippen molar-refractivity contribution in [2.45, 2.75) is 0 Å².